The number of anilines is 1. The molecular weight excluding hydrogens is 358 g/mol. The zero-order chi connectivity index (χ0) is 20.2. The van der Waals surface area contributed by atoms with Crippen LogP contribution >= 0.6 is 0 Å². The van der Waals surface area contributed by atoms with Crippen LogP contribution in [0.5, 0.6) is 0 Å². The van der Waals surface area contributed by atoms with Gasteiger partial charge in [0.15, 0.2) is 0 Å². The summed E-state index contributed by atoms with van der Waals surface area (Å²) < 4.78 is 7.69. The summed E-state index contributed by atoms with van der Waals surface area (Å²) >= 11 is 0. The topological polar surface area (TPSA) is 41.2 Å². The molecule has 1 aliphatic rings. The smallest absolute Gasteiger partial charge is 0.0998 e. The van der Waals surface area contributed by atoms with Gasteiger partial charge in [-0.05, 0) is 61.4 Å². The minimum atomic E-state index is 0.675. The van der Waals surface area contributed by atoms with Crippen molar-refractivity contribution in [2.24, 2.45) is 0 Å². The highest BCUT2D eigenvalue weighted by Gasteiger charge is 2.13. The molecule has 0 atom stereocenters. The maximum absolute atomic E-state index is 9.64. The molecule has 4 nitrogen and oxygen atoms in total. The van der Waals surface area contributed by atoms with Crippen molar-refractivity contribution in [3.8, 4) is 11.8 Å². The second kappa shape index (κ2) is 8.38. The molecule has 0 aliphatic carbocycles. The maximum Gasteiger partial charge on any atom is 0.0998 e. The van der Waals surface area contributed by atoms with Gasteiger partial charge in [-0.25, -0.2) is 0 Å². The Balaban J connectivity index is 1.65. The molecule has 2 heterocycles. The molecule has 0 radical (unpaired) electrons. The Kier molecular flexibility index (Phi) is 5.50. The first-order valence-electron chi connectivity index (χ1n) is 9.96. The molecule has 3 aromatic rings. The molecule has 4 heteroatoms. The van der Waals surface area contributed by atoms with Gasteiger partial charge in [-0.1, -0.05) is 30.3 Å². The molecular formula is C25H25N3O. The first-order valence-corrected chi connectivity index (χ1v) is 9.96. The lowest BCUT2D eigenvalue weighted by atomic mass is 10.0. The van der Waals surface area contributed by atoms with Crippen LogP contribution in [0.1, 0.15) is 22.5 Å². The Morgan fingerprint density at radius 2 is 1.62 bits per heavy atom. The number of nitriles is 1. The Bertz CT molecular complexity index is 1050. The van der Waals surface area contributed by atoms with Crippen molar-refractivity contribution in [3.05, 3.63) is 83.2 Å². The summed E-state index contributed by atoms with van der Waals surface area (Å²) in [6.07, 6.45) is 1.98. The number of morpholine rings is 1. The van der Waals surface area contributed by atoms with Gasteiger partial charge in [0.05, 0.1) is 24.9 Å². The SMILES string of the molecule is Cc1cc(/C=C(\C#N)c2ccccc2)c(C)n1-c1ccc(N2CCOCC2)cc1. The highest BCUT2D eigenvalue weighted by atomic mass is 16.5. The van der Waals surface area contributed by atoms with Crippen LogP contribution in [0.15, 0.2) is 60.7 Å². The molecule has 2 aromatic carbocycles. The highest BCUT2D eigenvalue weighted by Crippen LogP contribution is 2.26. The minimum Gasteiger partial charge on any atom is -0.378 e. The number of ether oxygens (including phenoxy) is 1. The Morgan fingerprint density at radius 1 is 0.966 bits per heavy atom. The minimum absolute atomic E-state index is 0.675. The molecule has 4 rings (SSSR count). The number of hydrogen-bond donors (Lipinski definition) is 0. The number of hydrogen-bond acceptors (Lipinski definition) is 3. The van der Waals surface area contributed by atoms with E-state index in [9.17, 15) is 5.26 Å². The molecule has 0 saturated carbocycles. The fourth-order valence-electron chi connectivity index (χ4n) is 3.92. The van der Waals surface area contributed by atoms with Gasteiger partial charge >= 0.3 is 0 Å². The van der Waals surface area contributed by atoms with Crippen molar-refractivity contribution in [3.63, 3.8) is 0 Å². The molecule has 0 amide bonds. The number of rotatable bonds is 4. The van der Waals surface area contributed by atoms with Crippen molar-refractivity contribution in [1.82, 2.24) is 4.57 Å². The van der Waals surface area contributed by atoms with Crippen molar-refractivity contribution in [2.45, 2.75) is 13.8 Å². The fourth-order valence-corrected chi connectivity index (χ4v) is 3.92. The van der Waals surface area contributed by atoms with Crippen molar-refractivity contribution >= 4 is 17.3 Å². The van der Waals surface area contributed by atoms with Crippen LogP contribution < -0.4 is 4.90 Å². The molecule has 146 valence electrons. The monoisotopic (exact) mass is 383 g/mol. The first kappa shape index (κ1) is 19.0. The largest absolute Gasteiger partial charge is 0.378 e. The van der Waals surface area contributed by atoms with E-state index in [1.807, 2.05) is 36.4 Å². The van der Waals surface area contributed by atoms with Gasteiger partial charge in [-0.2, -0.15) is 5.26 Å². The summed E-state index contributed by atoms with van der Waals surface area (Å²) in [6.45, 7) is 7.66. The second-order valence-corrected chi connectivity index (χ2v) is 7.31. The van der Waals surface area contributed by atoms with E-state index in [1.165, 1.54) is 5.69 Å². The molecule has 0 spiro atoms. The highest BCUT2D eigenvalue weighted by molar-refractivity contribution is 5.90. The lowest BCUT2D eigenvalue weighted by molar-refractivity contribution is 0.122. The van der Waals surface area contributed by atoms with Crippen molar-refractivity contribution in [2.75, 3.05) is 31.2 Å². The average molecular weight is 383 g/mol. The van der Waals surface area contributed by atoms with Gasteiger partial charge < -0.3 is 14.2 Å². The Morgan fingerprint density at radius 3 is 2.28 bits per heavy atom. The van der Waals surface area contributed by atoms with Crippen molar-refractivity contribution in [1.29, 1.82) is 5.26 Å². The Labute approximate surface area is 172 Å². The summed E-state index contributed by atoms with van der Waals surface area (Å²) in [6, 6.07) is 23.0. The molecule has 29 heavy (non-hydrogen) atoms. The van der Waals surface area contributed by atoms with Gasteiger partial charge in [0.2, 0.25) is 0 Å². The molecule has 0 unspecified atom stereocenters. The van der Waals surface area contributed by atoms with E-state index in [4.69, 9.17) is 4.74 Å². The van der Waals surface area contributed by atoms with E-state index in [0.717, 1.165) is 54.5 Å². The number of allylic oxidation sites excluding steroid dienone is 1. The van der Waals surface area contributed by atoms with E-state index in [-0.39, 0.29) is 0 Å². The summed E-state index contributed by atoms with van der Waals surface area (Å²) in [7, 11) is 0. The summed E-state index contributed by atoms with van der Waals surface area (Å²) in [5, 5.41) is 9.64. The van der Waals surface area contributed by atoms with Gasteiger partial charge in [-0.3, -0.25) is 0 Å². The summed E-state index contributed by atoms with van der Waals surface area (Å²) in [4.78, 5) is 2.36. The van der Waals surface area contributed by atoms with E-state index >= 15 is 0 Å². The zero-order valence-corrected chi connectivity index (χ0v) is 16.9. The number of aromatic nitrogens is 1. The normalized spacial score (nSPS) is 14.7. The molecule has 1 aromatic heterocycles. The molecule has 1 saturated heterocycles. The van der Waals surface area contributed by atoms with E-state index in [0.29, 0.717) is 5.57 Å². The van der Waals surface area contributed by atoms with Gasteiger partial charge in [0.1, 0.15) is 0 Å². The number of nitrogens with zero attached hydrogens (tertiary/aromatic N) is 3. The average Bonchev–Trinajstić information content (AvgIpc) is 3.06. The van der Waals surface area contributed by atoms with E-state index < -0.39 is 0 Å². The third-order valence-corrected chi connectivity index (χ3v) is 5.46. The van der Waals surface area contributed by atoms with Crippen LogP contribution in [0.4, 0.5) is 5.69 Å². The standard InChI is InChI=1S/C25H25N3O/c1-19-16-22(17-23(18-26)21-6-4-3-5-7-21)20(2)28(19)25-10-8-24(9-11-25)27-12-14-29-15-13-27/h3-11,16-17H,12-15H2,1-2H3/b23-17+. The Hall–Kier alpha value is -3.29. The van der Waals surface area contributed by atoms with E-state index in [2.05, 4.69) is 59.7 Å². The van der Waals surface area contributed by atoms with Crippen LogP contribution in [-0.2, 0) is 4.74 Å². The van der Waals surface area contributed by atoms with E-state index in [1.54, 1.807) is 0 Å². The molecule has 0 N–H and O–H groups in total. The molecule has 1 aliphatic heterocycles. The predicted octanol–water partition coefficient (Wildman–Crippen LogP) is 4.99. The third kappa shape index (κ3) is 3.96. The quantitative estimate of drug-likeness (QED) is 0.596. The number of benzene rings is 2. The van der Waals surface area contributed by atoms with Gasteiger partial charge in [0, 0.05) is 35.9 Å². The van der Waals surface area contributed by atoms with Crippen molar-refractivity contribution < 1.29 is 4.74 Å². The van der Waals surface area contributed by atoms with Gasteiger partial charge in [0.25, 0.3) is 0 Å². The maximum atomic E-state index is 9.64. The fraction of sp³-hybridized carbons (Fsp3) is 0.240. The number of aryl methyl sites for hydroxylation is 1. The first-order chi connectivity index (χ1) is 14.2. The molecule has 1 fully saturated rings. The predicted molar refractivity (Wildman–Crippen MR) is 118 cm³/mol. The lowest BCUT2D eigenvalue weighted by Crippen LogP contribution is -2.36. The summed E-state index contributed by atoms with van der Waals surface area (Å²) in [5.41, 5.74) is 7.33. The van der Waals surface area contributed by atoms with Crippen LogP contribution in [0.25, 0.3) is 17.3 Å². The lowest BCUT2D eigenvalue weighted by Gasteiger charge is -2.29. The zero-order valence-electron chi connectivity index (χ0n) is 16.9. The van der Waals surface area contributed by atoms with Gasteiger partial charge in [-0.15, -0.1) is 0 Å². The summed E-state index contributed by atoms with van der Waals surface area (Å²) in [5.74, 6) is 0. The van der Waals surface area contributed by atoms with Crippen LogP contribution in [0.2, 0.25) is 0 Å². The third-order valence-electron chi connectivity index (χ3n) is 5.46. The van der Waals surface area contributed by atoms with Crippen LogP contribution in [0.3, 0.4) is 0 Å². The second-order valence-electron chi connectivity index (χ2n) is 7.31. The molecule has 0 bridgehead atoms. The van der Waals surface area contributed by atoms with Crippen LogP contribution in [0, 0.1) is 25.2 Å². The van der Waals surface area contributed by atoms with Crippen LogP contribution in [-0.4, -0.2) is 30.9 Å².